The molecule has 1 aliphatic rings. The van der Waals surface area contributed by atoms with Gasteiger partial charge in [0.15, 0.2) is 7.15 Å². The first-order valence-corrected chi connectivity index (χ1v) is 9.97. The molecule has 0 amide bonds. The molecule has 0 N–H and O–H groups in total. The fraction of sp³-hybridized carbons (Fsp3) is 0.167. The van der Waals surface area contributed by atoms with Crippen LogP contribution in [0.25, 0.3) is 0 Å². The van der Waals surface area contributed by atoms with Crippen molar-refractivity contribution in [2.45, 2.75) is 13.3 Å². The summed E-state index contributed by atoms with van der Waals surface area (Å²) >= 11 is 1.27. The average molecular weight is 407 g/mol. The van der Waals surface area contributed by atoms with Gasteiger partial charge < -0.3 is 0 Å². The molecule has 0 fully saturated rings. The molecule has 0 aliphatic heterocycles. The minimum Gasteiger partial charge on any atom is -0.288 e. The second-order valence-electron chi connectivity index (χ2n) is 4.94. The topological polar surface area (TPSA) is 17.1 Å². The van der Waals surface area contributed by atoms with Crippen LogP contribution in [0.15, 0.2) is 69.1 Å². The monoisotopic (exact) mass is 407 g/mol. The van der Waals surface area contributed by atoms with E-state index in [2.05, 4.69) is 43.3 Å². The maximum absolute atomic E-state index is 12.7. The smallest absolute Gasteiger partial charge is 0.288 e. The van der Waals surface area contributed by atoms with Crippen LogP contribution in [0, 0.1) is 9.49 Å². The number of hydrogen-bond acceptors (Lipinski definition) is 2. The maximum atomic E-state index is 12.7. The van der Waals surface area contributed by atoms with E-state index in [1.165, 1.54) is 18.5 Å². The largest absolute Gasteiger partial charge is 0.354 e. The Bertz CT molecular complexity index is 683. The number of rotatable bonds is 4. The van der Waals surface area contributed by atoms with Crippen LogP contribution in [0.3, 0.4) is 0 Å². The molecule has 1 heterocycles. The van der Waals surface area contributed by atoms with E-state index in [1.807, 2.05) is 23.6 Å². The van der Waals surface area contributed by atoms with Crippen molar-refractivity contribution in [1.82, 2.24) is 0 Å². The van der Waals surface area contributed by atoms with Crippen molar-refractivity contribution < 1.29 is 26.0 Å². The first-order chi connectivity index (χ1) is 10.3. The molecule has 106 valence electrons. The van der Waals surface area contributed by atoms with Gasteiger partial charge in [0, 0.05) is 5.92 Å². The van der Waals surface area contributed by atoms with E-state index in [1.54, 1.807) is 0 Å². The lowest BCUT2D eigenvalue weighted by molar-refractivity contribution is -0.582. The number of halogens is 1. The number of hydrogen-bond donors (Lipinski definition) is 0. The third-order valence-electron chi connectivity index (χ3n) is 3.40. The van der Waals surface area contributed by atoms with Crippen molar-refractivity contribution in [3.8, 4) is 0 Å². The zero-order valence-corrected chi connectivity index (χ0v) is 14.7. The zero-order valence-electron chi connectivity index (χ0n) is 11.8. The highest BCUT2D eigenvalue weighted by Crippen LogP contribution is 2.24. The molecule has 0 saturated carbocycles. The molecule has 0 saturated heterocycles. The van der Waals surface area contributed by atoms with E-state index in [0.717, 1.165) is 16.9 Å². The normalized spacial score (nSPS) is 18.0. The van der Waals surface area contributed by atoms with Crippen molar-refractivity contribution in [2.75, 3.05) is 0 Å². The van der Waals surface area contributed by atoms with Gasteiger partial charge >= 0.3 is 21.2 Å². The van der Waals surface area contributed by atoms with E-state index in [9.17, 15) is 4.79 Å². The van der Waals surface area contributed by atoms with Crippen LogP contribution >= 0.6 is 11.3 Å². The van der Waals surface area contributed by atoms with Crippen LogP contribution in [0.4, 0.5) is 0 Å². The molecule has 21 heavy (non-hydrogen) atoms. The Kier molecular flexibility index (Phi) is 4.70. The molecule has 1 aliphatic carbocycles. The van der Waals surface area contributed by atoms with Crippen LogP contribution in [0.1, 0.15) is 23.0 Å². The van der Waals surface area contributed by atoms with Crippen LogP contribution in [-0.2, 0) is 0 Å². The summed E-state index contributed by atoms with van der Waals surface area (Å²) in [6, 6.07) is 14.5. The van der Waals surface area contributed by atoms with Crippen LogP contribution in [-0.4, -0.2) is 5.78 Å². The second-order valence-corrected chi connectivity index (χ2v) is 8.84. The zero-order chi connectivity index (χ0) is 14.7. The Morgan fingerprint density at radius 3 is 2.71 bits per heavy atom. The molecule has 1 atom stereocenters. The summed E-state index contributed by atoms with van der Waals surface area (Å²) in [6.45, 7) is 2.20. The number of carbonyl (C=O) groups is 1. The fourth-order valence-corrected chi connectivity index (χ4v) is 5.97. The van der Waals surface area contributed by atoms with Gasteiger partial charge in [0.2, 0.25) is 5.78 Å². The van der Waals surface area contributed by atoms with E-state index < -0.39 is 0 Å². The molecule has 1 nitrogen and oxygen atoms in total. The van der Waals surface area contributed by atoms with Gasteiger partial charge in [-0.25, -0.2) is 0 Å². The number of ketones is 1. The average Bonchev–Trinajstić information content (AvgIpc) is 3.04. The molecule has 3 heteroatoms. The first kappa shape index (κ1) is 14.7. The molecule has 2 aromatic rings. The van der Waals surface area contributed by atoms with E-state index in [-0.39, 0.29) is 27.0 Å². The molecule has 0 radical (unpaired) electrons. The van der Waals surface area contributed by atoms with E-state index >= 15 is 0 Å². The minimum atomic E-state index is -0.273. The third kappa shape index (κ3) is 3.35. The number of thiophene rings is 1. The molecule has 0 bridgehead atoms. The van der Waals surface area contributed by atoms with Crippen molar-refractivity contribution in [3.63, 3.8) is 0 Å². The minimum absolute atomic E-state index is 0.229. The van der Waals surface area contributed by atoms with Crippen LogP contribution in [0.5, 0.6) is 0 Å². The van der Waals surface area contributed by atoms with Gasteiger partial charge in [-0.15, -0.1) is 11.3 Å². The van der Waals surface area contributed by atoms with Gasteiger partial charge in [0.25, 0.3) is 0 Å². The Morgan fingerprint density at radius 2 is 2.00 bits per heavy atom. The van der Waals surface area contributed by atoms with Crippen molar-refractivity contribution in [2.24, 2.45) is 5.92 Å². The number of Topliss-reactive ketones (excluding diaryl/α,β-unsaturated/α-hetero) is 1. The summed E-state index contributed by atoms with van der Waals surface area (Å²) in [7, 11) is 0. The van der Waals surface area contributed by atoms with Crippen molar-refractivity contribution >= 4 is 17.1 Å². The molecular weight excluding hydrogens is 391 g/mol. The summed E-state index contributed by atoms with van der Waals surface area (Å²) < 4.78 is 2.76. The van der Waals surface area contributed by atoms with Crippen molar-refractivity contribution in [1.29, 1.82) is 0 Å². The summed E-state index contributed by atoms with van der Waals surface area (Å²) in [5.74, 6) is 0.609. The molecule has 1 unspecified atom stereocenters. The lowest BCUT2D eigenvalue weighted by Gasteiger charge is -2.12. The highest BCUT2D eigenvalue weighted by atomic mass is 127. The highest BCUT2D eigenvalue weighted by Gasteiger charge is 2.33. The van der Waals surface area contributed by atoms with Crippen LogP contribution < -0.4 is 21.2 Å². The summed E-state index contributed by atoms with van der Waals surface area (Å²) in [5, 5.41) is 1.97. The Hall–Kier alpha value is -1.20. The van der Waals surface area contributed by atoms with Crippen molar-refractivity contribution in [3.05, 3.63) is 77.6 Å². The third-order valence-corrected chi connectivity index (χ3v) is 7.82. The number of carbonyl (C=O) groups excluding carboxylic acids is 1. The van der Waals surface area contributed by atoms with Gasteiger partial charge in [-0.2, -0.15) is 0 Å². The second kappa shape index (κ2) is 6.71. The Balaban J connectivity index is 1.96. The standard InChI is InChI=1S/C18H16IOS/c1-13-7-5-10-15(18(20)16-11-6-12-21-16)17(13)19-14-8-3-2-4-9-14/h2-9,11-13H,10H2,1H3/q+1. The molecular formula is C18H16IOS+. The summed E-state index contributed by atoms with van der Waals surface area (Å²) in [4.78, 5) is 13.6. The Morgan fingerprint density at radius 1 is 1.19 bits per heavy atom. The highest BCUT2D eigenvalue weighted by molar-refractivity contribution is 7.12. The summed E-state index contributed by atoms with van der Waals surface area (Å²) in [5.41, 5.74) is 1.03. The van der Waals surface area contributed by atoms with Gasteiger partial charge in [-0.1, -0.05) is 43.3 Å². The first-order valence-electron chi connectivity index (χ1n) is 6.93. The predicted octanol–water partition coefficient (Wildman–Crippen LogP) is 1.74. The van der Waals surface area contributed by atoms with Gasteiger partial charge in [-0.05, 0) is 30.0 Å². The molecule has 0 spiro atoms. The van der Waals surface area contributed by atoms with E-state index in [0.29, 0.717) is 5.92 Å². The number of benzene rings is 1. The maximum Gasteiger partial charge on any atom is 0.354 e. The quantitative estimate of drug-likeness (QED) is 0.429. The lowest BCUT2D eigenvalue weighted by Crippen LogP contribution is -3.61. The Labute approximate surface area is 139 Å². The van der Waals surface area contributed by atoms with E-state index in [4.69, 9.17) is 0 Å². The van der Waals surface area contributed by atoms with Gasteiger partial charge in [0.05, 0.1) is 10.5 Å². The van der Waals surface area contributed by atoms with Gasteiger partial charge in [-0.3, -0.25) is 4.79 Å². The lowest BCUT2D eigenvalue weighted by atomic mass is 9.95. The van der Waals surface area contributed by atoms with Crippen LogP contribution in [0.2, 0.25) is 0 Å². The number of allylic oxidation sites excluding steroid dienone is 4. The molecule has 1 aromatic heterocycles. The SMILES string of the molecule is CC1C=CCC(C(=O)c2cccs2)=C1[I+]c1ccccc1. The molecule has 1 aromatic carbocycles. The predicted molar refractivity (Wildman–Crippen MR) is 83.7 cm³/mol. The van der Waals surface area contributed by atoms with Gasteiger partial charge in [0.1, 0.15) is 0 Å². The summed E-state index contributed by atoms with van der Waals surface area (Å²) in [6.07, 6.45) is 5.16. The molecule has 3 rings (SSSR count). The fourth-order valence-electron chi connectivity index (χ4n) is 2.34.